The Balaban J connectivity index is 2.27. The van der Waals surface area contributed by atoms with E-state index in [1.807, 2.05) is 37.3 Å². The fraction of sp³-hybridized carbons (Fsp3) is 0.458. The molecule has 1 aromatic carbocycles. The minimum atomic E-state index is -0.642. The van der Waals surface area contributed by atoms with E-state index in [2.05, 4.69) is 24.1 Å². The van der Waals surface area contributed by atoms with E-state index in [9.17, 15) is 9.59 Å². The quantitative estimate of drug-likeness (QED) is 0.521. The van der Waals surface area contributed by atoms with Gasteiger partial charge in [0.15, 0.2) is 6.73 Å². The molecule has 2 aromatic rings. The molecule has 0 aliphatic carbocycles. The maximum Gasteiger partial charge on any atom is 0.410 e. The Morgan fingerprint density at radius 3 is 2.30 bits per heavy atom. The van der Waals surface area contributed by atoms with Crippen molar-refractivity contribution in [3.8, 4) is 11.1 Å². The van der Waals surface area contributed by atoms with Gasteiger partial charge in [0.2, 0.25) is 0 Å². The van der Waals surface area contributed by atoms with Crippen LogP contribution in [0.4, 0.5) is 4.79 Å². The van der Waals surface area contributed by atoms with Crippen LogP contribution in [-0.4, -0.2) is 29.4 Å². The number of hydrogen-bond donors (Lipinski definition) is 1. The van der Waals surface area contributed by atoms with Gasteiger partial charge in [0.1, 0.15) is 5.60 Å². The largest absolute Gasteiger partial charge is 0.444 e. The molecule has 0 atom stereocenters. The number of nitrogens with zero attached hydrogens (tertiary/aromatic N) is 1. The minimum absolute atomic E-state index is 0.283. The predicted octanol–water partition coefficient (Wildman–Crippen LogP) is 5.20. The molecule has 6 nitrogen and oxygen atoms in total. The van der Waals surface area contributed by atoms with Crippen molar-refractivity contribution in [1.29, 1.82) is 0 Å². The van der Waals surface area contributed by atoms with E-state index >= 15 is 0 Å². The Bertz CT molecular complexity index is 897. The third-order valence-corrected chi connectivity index (χ3v) is 4.26. The van der Waals surface area contributed by atoms with E-state index < -0.39 is 17.7 Å². The zero-order chi connectivity index (χ0) is 22.5. The fourth-order valence-corrected chi connectivity index (χ4v) is 3.03. The van der Waals surface area contributed by atoms with Crippen molar-refractivity contribution in [2.24, 2.45) is 5.92 Å². The summed E-state index contributed by atoms with van der Waals surface area (Å²) < 4.78 is 10.5. The highest BCUT2D eigenvalue weighted by atomic mass is 16.6. The maximum atomic E-state index is 12.9. The summed E-state index contributed by atoms with van der Waals surface area (Å²) in [6.45, 7) is 13.1. The molecule has 0 saturated heterocycles. The topological polar surface area (TPSA) is 77.5 Å². The number of aromatic nitrogens is 1. The van der Waals surface area contributed by atoms with Crippen molar-refractivity contribution >= 4 is 12.1 Å². The number of esters is 1. The van der Waals surface area contributed by atoms with Gasteiger partial charge in [-0.05, 0) is 64.2 Å². The number of nitrogens with one attached hydrogen (secondary N) is 1. The number of alkyl carbamates (subject to hydrolysis) is 1. The fourth-order valence-electron chi connectivity index (χ4n) is 3.03. The standard InChI is InChI=1S/C24H32N2O4/c1-15(2)12-19-13-20(18-10-8-16(3)9-11-18)21(17(4)26-19)22(27)29-14-25-23(28)30-24(5,6)7/h8-11,13,15H,12,14H2,1-7H3,(H,25,28). The number of carbonyl (C=O) groups is 2. The van der Waals surface area contributed by atoms with Crippen molar-refractivity contribution in [2.45, 2.75) is 60.5 Å². The van der Waals surface area contributed by atoms with Crippen LogP contribution < -0.4 is 5.32 Å². The molecule has 1 heterocycles. The van der Waals surface area contributed by atoms with Crippen LogP contribution in [0.15, 0.2) is 30.3 Å². The molecule has 162 valence electrons. The highest BCUT2D eigenvalue weighted by Crippen LogP contribution is 2.28. The van der Waals surface area contributed by atoms with E-state index in [-0.39, 0.29) is 6.73 Å². The second-order valence-electron chi connectivity index (χ2n) is 8.84. The Morgan fingerprint density at radius 2 is 1.73 bits per heavy atom. The predicted molar refractivity (Wildman–Crippen MR) is 117 cm³/mol. The summed E-state index contributed by atoms with van der Waals surface area (Å²) in [7, 11) is 0. The third kappa shape index (κ3) is 6.87. The number of rotatable bonds is 6. The lowest BCUT2D eigenvalue weighted by molar-refractivity contribution is 0.0340. The lowest BCUT2D eigenvalue weighted by Crippen LogP contribution is -2.34. The highest BCUT2D eigenvalue weighted by Gasteiger charge is 2.21. The molecule has 1 amide bonds. The number of amides is 1. The lowest BCUT2D eigenvalue weighted by atomic mass is 9.95. The number of ether oxygens (including phenoxy) is 2. The molecule has 1 aromatic heterocycles. The molecule has 0 saturated carbocycles. The molecule has 0 unspecified atom stereocenters. The summed E-state index contributed by atoms with van der Waals surface area (Å²) in [5.74, 6) is -0.0960. The van der Waals surface area contributed by atoms with Gasteiger partial charge in [-0.2, -0.15) is 0 Å². The van der Waals surface area contributed by atoms with E-state index in [0.717, 1.165) is 28.8 Å². The van der Waals surface area contributed by atoms with Gasteiger partial charge in [0.25, 0.3) is 0 Å². The van der Waals surface area contributed by atoms with Crippen molar-refractivity contribution < 1.29 is 19.1 Å². The molecule has 0 bridgehead atoms. The smallest absolute Gasteiger partial charge is 0.410 e. The average molecular weight is 413 g/mol. The van der Waals surface area contributed by atoms with Gasteiger partial charge in [-0.3, -0.25) is 10.3 Å². The van der Waals surface area contributed by atoms with Crippen molar-refractivity contribution in [1.82, 2.24) is 10.3 Å². The molecule has 2 rings (SSSR count). The molecular weight excluding hydrogens is 380 g/mol. The Kier molecular flexibility index (Phi) is 7.59. The van der Waals surface area contributed by atoms with Gasteiger partial charge in [0.05, 0.1) is 11.3 Å². The summed E-state index contributed by atoms with van der Waals surface area (Å²) in [6, 6.07) is 9.94. The van der Waals surface area contributed by atoms with Gasteiger partial charge in [0, 0.05) is 5.69 Å². The Hall–Kier alpha value is -2.89. The van der Waals surface area contributed by atoms with E-state index in [1.165, 1.54) is 0 Å². The summed E-state index contributed by atoms with van der Waals surface area (Å²) in [5.41, 5.74) is 4.14. The zero-order valence-corrected chi connectivity index (χ0v) is 19.0. The van der Waals surface area contributed by atoms with E-state index in [4.69, 9.17) is 9.47 Å². The molecular formula is C24H32N2O4. The normalized spacial score (nSPS) is 11.3. The second kappa shape index (κ2) is 9.74. The maximum absolute atomic E-state index is 12.9. The van der Waals surface area contributed by atoms with Crippen LogP contribution in [0.5, 0.6) is 0 Å². The van der Waals surface area contributed by atoms with Gasteiger partial charge in [-0.15, -0.1) is 0 Å². The van der Waals surface area contributed by atoms with Gasteiger partial charge in [-0.25, -0.2) is 9.59 Å². The van der Waals surface area contributed by atoms with E-state index in [0.29, 0.717) is 17.2 Å². The number of aryl methyl sites for hydroxylation is 2. The van der Waals surface area contributed by atoms with Crippen molar-refractivity contribution in [3.05, 3.63) is 52.8 Å². The first-order chi connectivity index (χ1) is 14.0. The number of hydrogen-bond acceptors (Lipinski definition) is 5. The van der Waals surface area contributed by atoms with Gasteiger partial charge < -0.3 is 9.47 Å². The first-order valence-electron chi connectivity index (χ1n) is 10.2. The average Bonchev–Trinajstić information content (AvgIpc) is 2.59. The van der Waals surface area contributed by atoms with Gasteiger partial charge in [-0.1, -0.05) is 43.7 Å². The monoisotopic (exact) mass is 412 g/mol. The molecule has 30 heavy (non-hydrogen) atoms. The molecule has 0 radical (unpaired) electrons. The molecule has 0 fully saturated rings. The number of benzene rings is 1. The van der Waals surface area contributed by atoms with Crippen LogP contribution in [0.2, 0.25) is 0 Å². The summed E-state index contributed by atoms with van der Waals surface area (Å²) in [6.07, 6.45) is 0.172. The first-order valence-corrected chi connectivity index (χ1v) is 10.2. The third-order valence-electron chi connectivity index (χ3n) is 4.26. The Labute approximate surface area is 179 Å². The van der Waals surface area contributed by atoms with E-state index in [1.54, 1.807) is 27.7 Å². The molecule has 0 spiro atoms. The lowest BCUT2D eigenvalue weighted by Gasteiger charge is -2.20. The SMILES string of the molecule is Cc1ccc(-c2cc(CC(C)C)nc(C)c2C(=O)OCNC(=O)OC(C)(C)C)cc1. The van der Waals surface area contributed by atoms with Crippen molar-refractivity contribution in [2.75, 3.05) is 6.73 Å². The Morgan fingerprint density at radius 1 is 1.10 bits per heavy atom. The van der Waals surface area contributed by atoms with Gasteiger partial charge >= 0.3 is 12.1 Å². The van der Waals surface area contributed by atoms with Crippen molar-refractivity contribution in [3.63, 3.8) is 0 Å². The molecule has 0 aliphatic heterocycles. The van der Waals surface area contributed by atoms with Crippen LogP contribution in [-0.2, 0) is 15.9 Å². The van der Waals surface area contributed by atoms with Crippen LogP contribution in [0.3, 0.4) is 0 Å². The highest BCUT2D eigenvalue weighted by molar-refractivity contribution is 5.98. The number of pyridine rings is 1. The van der Waals surface area contributed by atoms with Crippen LogP contribution >= 0.6 is 0 Å². The molecule has 0 aliphatic rings. The molecule has 6 heteroatoms. The first kappa shape index (κ1) is 23.4. The van der Waals surface area contributed by atoms with Crippen LogP contribution in [0, 0.1) is 19.8 Å². The number of carbonyl (C=O) groups excluding carboxylic acids is 2. The second-order valence-corrected chi connectivity index (χ2v) is 8.84. The summed E-state index contributed by atoms with van der Waals surface area (Å²) in [4.78, 5) is 29.3. The molecule has 1 N–H and O–H groups in total. The zero-order valence-electron chi connectivity index (χ0n) is 19.0. The summed E-state index contributed by atoms with van der Waals surface area (Å²) >= 11 is 0. The summed E-state index contributed by atoms with van der Waals surface area (Å²) in [5, 5.41) is 2.44. The van der Waals surface area contributed by atoms with Crippen LogP contribution in [0.1, 0.15) is 61.9 Å². The minimum Gasteiger partial charge on any atom is -0.444 e. The van der Waals surface area contributed by atoms with Crippen LogP contribution in [0.25, 0.3) is 11.1 Å².